The molecular formula is C22H33N5. The number of hydrogen-bond donors (Lipinski definition) is 2. The van der Waals surface area contributed by atoms with E-state index in [-0.39, 0.29) is 0 Å². The molecule has 3 rings (SSSR count). The number of benzene rings is 1. The molecule has 0 atom stereocenters. The summed E-state index contributed by atoms with van der Waals surface area (Å²) in [6, 6.07) is 8.72. The van der Waals surface area contributed by atoms with Crippen LogP contribution >= 0.6 is 0 Å². The third-order valence-corrected chi connectivity index (χ3v) is 5.52. The van der Waals surface area contributed by atoms with E-state index in [4.69, 9.17) is 0 Å². The van der Waals surface area contributed by atoms with Gasteiger partial charge in [0.25, 0.3) is 0 Å². The summed E-state index contributed by atoms with van der Waals surface area (Å²) < 4.78 is 2.08. The molecule has 5 heteroatoms. The molecule has 0 radical (unpaired) electrons. The number of nitrogens with one attached hydrogen (secondary N) is 2. The van der Waals surface area contributed by atoms with Crippen LogP contribution in [0.15, 0.2) is 48.0 Å². The Kier molecular flexibility index (Phi) is 6.54. The van der Waals surface area contributed by atoms with Crippen molar-refractivity contribution in [3.05, 3.63) is 54.1 Å². The van der Waals surface area contributed by atoms with E-state index in [2.05, 4.69) is 63.3 Å². The Morgan fingerprint density at radius 1 is 1.19 bits per heavy atom. The van der Waals surface area contributed by atoms with Gasteiger partial charge in [-0.25, -0.2) is 4.98 Å². The van der Waals surface area contributed by atoms with E-state index in [0.717, 1.165) is 31.5 Å². The zero-order valence-corrected chi connectivity index (χ0v) is 16.9. The molecule has 0 unspecified atom stereocenters. The van der Waals surface area contributed by atoms with E-state index < -0.39 is 0 Å². The molecule has 146 valence electrons. The van der Waals surface area contributed by atoms with E-state index in [1.54, 1.807) is 0 Å². The lowest BCUT2D eigenvalue weighted by atomic mass is 9.64. The van der Waals surface area contributed by atoms with Gasteiger partial charge in [-0.15, -0.1) is 0 Å². The van der Waals surface area contributed by atoms with Crippen molar-refractivity contribution in [3.63, 3.8) is 0 Å². The predicted molar refractivity (Wildman–Crippen MR) is 112 cm³/mol. The van der Waals surface area contributed by atoms with Crippen LogP contribution in [0.4, 0.5) is 0 Å². The van der Waals surface area contributed by atoms with Gasteiger partial charge < -0.3 is 15.2 Å². The summed E-state index contributed by atoms with van der Waals surface area (Å²) in [5, 5.41) is 7.01. The van der Waals surface area contributed by atoms with Gasteiger partial charge in [0, 0.05) is 39.1 Å². The number of guanidine groups is 1. The highest BCUT2D eigenvalue weighted by atomic mass is 15.2. The Morgan fingerprint density at radius 3 is 2.48 bits per heavy atom. The van der Waals surface area contributed by atoms with Gasteiger partial charge in [0.1, 0.15) is 0 Å². The Bertz CT molecular complexity index is 712. The van der Waals surface area contributed by atoms with E-state index in [9.17, 15) is 0 Å². The van der Waals surface area contributed by atoms with Crippen LogP contribution in [0.2, 0.25) is 0 Å². The lowest BCUT2D eigenvalue weighted by Gasteiger charge is -2.43. The van der Waals surface area contributed by atoms with Crippen molar-refractivity contribution in [3.8, 4) is 0 Å². The highest BCUT2D eigenvalue weighted by molar-refractivity contribution is 5.79. The summed E-state index contributed by atoms with van der Waals surface area (Å²) >= 11 is 0. The smallest absolute Gasteiger partial charge is 0.191 e. The minimum Gasteiger partial charge on any atom is -0.356 e. The van der Waals surface area contributed by atoms with Gasteiger partial charge in [-0.3, -0.25) is 4.99 Å². The average molecular weight is 368 g/mol. The van der Waals surface area contributed by atoms with Crippen LogP contribution in [0.25, 0.3) is 0 Å². The first kappa shape index (κ1) is 19.5. The zero-order valence-electron chi connectivity index (χ0n) is 16.9. The summed E-state index contributed by atoms with van der Waals surface area (Å²) in [6.07, 6.45) is 11.0. The van der Waals surface area contributed by atoms with Crippen molar-refractivity contribution in [2.75, 3.05) is 13.6 Å². The number of nitrogens with zero attached hydrogens (tertiary/aromatic N) is 3. The monoisotopic (exact) mass is 367 g/mol. The van der Waals surface area contributed by atoms with Crippen molar-refractivity contribution >= 4 is 5.96 Å². The number of aliphatic imine (C=N–C) groups is 1. The normalized spacial score (nSPS) is 16.2. The molecule has 0 bridgehead atoms. The molecule has 0 spiro atoms. The molecule has 1 aliphatic carbocycles. The molecule has 1 aromatic carbocycles. The Morgan fingerprint density at radius 2 is 1.93 bits per heavy atom. The Labute approximate surface area is 163 Å². The first-order valence-corrected chi connectivity index (χ1v) is 10.1. The largest absolute Gasteiger partial charge is 0.356 e. The first-order valence-electron chi connectivity index (χ1n) is 10.1. The molecule has 1 aliphatic rings. The highest BCUT2D eigenvalue weighted by Crippen LogP contribution is 2.45. The summed E-state index contributed by atoms with van der Waals surface area (Å²) in [5.74, 6) is 1.65. The lowest BCUT2D eigenvalue weighted by Crippen LogP contribution is -2.46. The first-order chi connectivity index (χ1) is 13.1. The fourth-order valence-electron chi connectivity index (χ4n) is 4.03. The maximum atomic E-state index is 4.40. The SMILES string of the molecule is CN=C(NCc1ccc(Cn2ccnc2)cc1)NCC1(CC(C)C)CCC1. The van der Waals surface area contributed by atoms with Crippen molar-refractivity contribution in [2.24, 2.45) is 16.3 Å². The second-order valence-electron chi connectivity index (χ2n) is 8.28. The van der Waals surface area contributed by atoms with Crippen LogP contribution in [0, 0.1) is 11.3 Å². The van der Waals surface area contributed by atoms with E-state index >= 15 is 0 Å². The minimum absolute atomic E-state index is 0.473. The molecule has 1 aromatic heterocycles. The topological polar surface area (TPSA) is 54.2 Å². The number of imidazole rings is 1. The van der Waals surface area contributed by atoms with Crippen molar-refractivity contribution in [2.45, 2.75) is 52.6 Å². The second kappa shape index (κ2) is 9.07. The fourth-order valence-corrected chi connectivity index (χ4v) is 4.03. The van der Waals surface area contributed by atoms with E-state index in [0.29, 0.717) is 5.41 Å². The third-order valence-electron chi connectivity index (χ3n) is 5.52. The van der Waals surface area contributed by atoms with Gasteiger partial charge in [-0.1, -0.05) is 44.5 Å². The summed E-state index contributed by atoms with van der Waals surface area (Å²) in [7, 11) is 1.85. The molecule has 2 N–H and O–H groups in total. The number of aromatic nitrogens is 2. The summed E-state index contributed by atoms with van der Waals surface area (Å²) in [5.41, 5.74) is 3.01. The van der Waals surface area contributed by atoms with Gasteiger partial charge in [0.05, 0.1) is 6.33 Å². The second-order valence-corrected chi connectivity index (χ2v) is 8.28. The predicted octanol–water partition coefficient (Wildman–Crippen LogP) is 3.81. The maximum Gasteiger partial charge on any atom is 0.191 e. The molecule has 27 heavy (non-hydrogen) atoms. The zero-order chi connectivity index (χ0) is 19.1. The molecule has 1 heterocycles. The van der Waals surface area contributed by atoms with E-state index in [1.807, 2.05) is 25.8 Å². The van der Waals surface area contributed by atoms with Crippen LogP contribution in [0.3, 0.4) is 0 Å². The van der Waals surface area contributed by atoms with Crippen LogP contribution in [0.5, 0.6) is 0 Å². The van der Waals surface area contributed by atoms with Crippen molar-refractivity contribution in [1.29, 1.82) is 0 Å². The van der Waals surface area contributed by atoms with E-state index in [1.165, 1.54) is 36.8 Å². The molecule has 1 fully saturated rings. The summed E-state index contributed by atoms with van der Waals surface area (Å²) in [4.78, 5) is 8.48. The van der Waals surface area contributed by atoms with Gasteiger partial charge in [-0.2, -0.15) is 0 Å². The van der Waals surface area contributed by atoms with Gasteiger partial charge in [0.15, 0.2) is 5.96 Å². The number of rotatable bonds is 8. The van der Waals surface area contributed by atoms with Crippen molar-refractivity contribution in [1.82, 2.24) is 20.2 Å². The lowest BCUT2D eigenvalue weighted by molar-refractivity contribution is 0.104. The molecule has 0 saturated heterocycles. The molecule has 0 aliphatic heterocycles. The summed E-state index contributed by atoms with van der Waals surface area (Å²) in [6.45, 7) is 7.30. The standard InChI is InChI=1S/C22H33N5/c1-18(2)13-22(9-4-10-22)16-26-21(23-3)25-14-19-5-7-20(8-6-19)15-27-12-11-24-17-27/h5-8,11-12,17-18H,4,9-10,13-16H2,1-3H3,(H2,23,25,26). The third kappa shape index (κ3) is 5.59. The average Bonchev–Trinajstić information content (AvgIpc) is 3.13. The van der Waals surface area contributed by atoms with Crippen LogP contribution in [-0.4, -0.2) is 29.1 Å². The Balaban J connectivity index is 1.46. The van der Waals surface area contributed by atoms with Gasteiger partial charge >= 0.3 is 0 Å². The van der Waals surface area contributed by atoms with Gasteiger partial charge in [0.2, 0.25) is 0 Å². The number of hydrogen-bond acceptors (Lipinski definition) is 2. The molecular weight excluding hydrogens is 334 g/mol. The van der Waals surface area contributed by atoms with Crippen molar-refractivity contribution < 1.29 is 0 Å². The quantitative estimate of drug-likeness (QED) is 0.551. The molecule has 1 saturated carbocycles. The fraction of sp³-hybridized carbons (Fsp3) is 0.545. The Hall–Kier alpha value is -2.30. The van der Waals surface area contributed by atoms with Crippen LogP contribution in [-0.2, 0) is 13.1 Å². The van der Waals surface area contributed by atoms with Gasteiger partial charge in [-0.05, 0) is 41.7 Å². The highest BCUT2D eigenvalue weighted by Gasteiger charge is 2.37. The molecule has 0 amide bonds. The minimum atomic E-state index is 0.473. The molecule has 2 aromatic rings. The van der Waals surface area contributed by atoms with Crippen LogP contribution in [0.1, 0.15) is 50.7 Å². The molecule has 5 nitrogen and oxygen atoms in total. The maximum absolute atomic E-state index is 4.40. The van der Waals surface area contributed by atoms with Crippen LogP contribution < -0.4 is 10.6 Å².